The van der Waals surface area contributed by atoms with Crippen molar-refractivity contribution in [2.24, 2.45) is 0 Å². The van der Waals surface area contributed by atoms with Gasteiger partial charge in [-0.1, -0.05) is 6.07 Å². The normalized spacial score (nSPS) is 10.8. The second-order valence-corrected chi connectivity index (χ2v) is 8.23. The average molecular weight is 413 g/mol. The number of nitrogens with one attached hydrogen (secondary N) is 6. The van der Waals surface area contributed by atoms with Gasteiger partial charge >= 0.3 is 0 Å². The van der Waals surface area contributed by atoms with Gasteiger partial charge in [0.25, 0.3) is 0 Å². The van der Waals surface area contributed by atoms with Gasteiger partial charge in [0.15, 0.2) is 10.2 Å². The summed E-state index contributed by atoms with van der Waals surface area (Å²) < 4.78 is 0. The van der Waals surface area contributed by atoms with E-state index in [0.29, 0.717) is 10.2 Å². The van der Waals surface area contributed by atoms with Crippen LogP contribution >= 0.6 is 24.4 Å². The molecule has 0 heterocycles. The topological polar surface area (TPSA) is 57.0 Å². The van der Waals surface area contributed by atoms with Gasteiger partial charge in [-0.3, -0.25) is 0 Å². The van der Waals surface area contributed by atoms with Crippen molar-refractivity contribution in [1.82, 2.24) is 10.6 Å². The number of benzene rings is 1. The zero-order valence-corrected chi connectivity index (χ0v) is 18.9. The molecule has 0 aliphatic carbocycles. The van der Waals surface area contributed by atoms with Crippen LogP contribution in [-0.2, 0) is 0 Å². The summed E-state index contributed by atoms with van der Waals surface area (Å²) in [5, 5.41) is 14.3. The van der Waals surface area contributed by atoms with E-state index in [1.807, 2.05) is 12.1 Å². The van der Waals surface area contributed by atoms with E-state index in [4.69, 9.17) is 24.4 Å². The van der Waals surface area contributed by atoms with E-state index in [1.54, 1.807) is 0 Å². The number of hydrogen-bond acceptors (Lipinski definition) is 2. The Balaban J connectivity index is 2.46. The molecule has 0 spiro atoms. The number of hydrogen-bond donors (Lipinski definition) is 6. The maximum Gasteiger partial charge on any atom is 0.170 e. The quantitative estimate of drug-likeness (QED) is 0.233. The second-order valence-electron chi connectivity index (χ2n) is 7.41. The summed E-state index contributed by atoms with van der Waals surface area (Å²) in [6, 6.07) is 6.11. The highest BCUT2D eigenvalue weighted by atomic mass is 32.1. The van der Waals surface area contributed by atoms with Gasteiger partial charge < -0.3 is 31.1 Å². The molecular weight excluding hydrogens is 376 g/mol. The maximum atomic E-state index is 5.41. The van der Waals surface area contributed by atoms with Gasteiger partial charge in [0.05, 0.1) is 41.3 Å². The molecule has 0 fully saturated rings. The average Bonchev–Trinajstić information content (AvgIpc) is 2.58. The third-order valence-corrected chi connectivity index (χ3v) is 4.51. The Morgan fingerprint density at radius 1 is 0.852 bits per heavy atom. The van der Waals surface area contributed by atoms with Gasteiger partial charge in [-0.25, -0.2) is 0 Å². The number of thiocarbonyl (C=S) groups is 2. The molecule has 1 aromatic carbocycles. The van der Waals surface area contributed by atoms with Crippen LogP contribution in [0.4, 0.5) is 11.4 Å². The molecule has 0 aliphatic rings. The van der Waals surface area contributed by atoms with Crippen LogP contribution in [0.2, 0.25) is 0 Å². The van der Waals surface area contributed by atoms with Gasteiger partial charge in [-0.2, -0.15) is 0 Å². The van der Waals surface area contributed by atoms with E-state index in [2.05, 4.69) is 62.4 Å². The first-order valence-corrected chi connectivity index (χ1v) is 10.4. The van der Waals surface area contributed by atoms with Crippen LogP contribution in [0.25, 0.3) is 0 Å². The van der Waals surface area contributed by atoms with Crippen LogP contribution in [0.5, 0.6) is 0 Å². The standard InChI is InChI=1S/C19H34N6S2/c1-15-8-9-16(22-18(26)20-10-6-12-24(2)3)14-17(15)23-19(27)21-11-7-13-25(4)5/h8-9,14H,6-7,10-13H2,1-5H3,(H2,20,22,26)(H2,21,23,27)/p+2. The molecule has 0 unspecified atom stereocenters. The number of aryl methyl sites for hydroxylation is 1. The monoisotopic (exact) mass is 412 g/mol. The molecule has 0 saturated heterocycles. The molecule has 1 aromatic rings. The maximum absolute atomic E-state index is 5.41. The molecule has 8 heteroatoms. The predicted molar refractivity (Wildman–Crippen MR) is 124 cm³/mol. The lowest BCUT2D eigenvalue weighted by molar-refractivity contribution is -0.858. The zero-order valence-electron chi connectivity index (χ0n) is 17.3. The van der Waals surface area contributed by atoms with Gasteiger partial charge in [-0.15, -0.1) is 0 Å². The molecule has 27 heavy (non-hydrogen) atoms. The molecule has 152 valence electrons. The first-order chi connectivity index (χ1) is 12.8. The van der Waals surface area contributed by atoms with Crippen molar-refractivity contribution in [2.45, 2.75) is 19.8 Å². The third kappa shape index (κ3) is 11.1. The molecule has 0 aliphatic heterocycles. The van der Waals surface area contributed by atoms with Crippen molar-refractivity contribution in [2.75, 3.05) is 65.0 Å². The molecule has 0 saturated carbocycles. The molecule has 1 rings (SSSR count). The molecule has 6 nitrogen and oxygen atoms in total. The Morgan fingerprint density at radius 2 is 1.37 bits per heavy atom. The van der Waals surface area contributed by atoms with Crippen LogP contribution in [0.3, 0.4) is 0 Å². The summed E-state index contributed by atoms with van der Waals surface area (Å²) in [5.41, 5.74) is 3.06. The summed E-state index contributed by atoms with van der Waals surface area (Å²) >= 11 is 10.8. The van der Waals surface area contributed by atoms with Crippen LogP contribution in [0, 0.1) is 6.92 Å². The van der Waals surface area contributed by atoms with Gasteiger partial charge in [0.2, 0.25) is 0 Å². The Hall–Kier alpha value is -1.48. The second kappa shape index (κ2) is 12.8. The minimum Gasteiger partial charge on any atom is -0.362 e. The van der Waals surface area contributed by atoms with Crippen molar-refractivity contribution < 1.29 is 9.80 Å². The minimum atomic E-state index is 0.644. The van der Waals surface area contributed by atoms with Gasteiger partial charge in [0.1, 0.15) is 0 Å². The fourth-order valence-electron chi connectivity index (χ4n) is 2.46. The number of anilines is 2. The lowest BCUT2D eigenvalue weighted by atomic mass is 10.2. The summed E-state index contributed by atoms with van der Waals surface area (Å²) in [6.07, 6.45) is 2.17. The Morgan fingerprint density at radius 3 is 1.89 bits per heavy atom. The Labute approximate surface area is 175 Å². The molecule has 0 amide bonds. The summed E-state index contributed by atoms with van der Waals surface area (Å²) in [4.78, 5) is 2.88. The molecule has 0 aromatic heterocycles. The predicted octanol–water partition coefficient (Wildman–Crippen LogP) is -0.363. The lowest BCUT2D eigenvalue weighted by Gasteiger charge is -2.16. The van der Waals surface area contributed by atoms with E-state index in [0.717, 1.165) is 56.0 Å². The molecule has 0 atom stereocenters. The fraction of sp³-hybridized carbons (Fsp3) is 0.579. The van der Waals surface area contributed by atoms with Crippen molar-refractivity contribution >= 4 is 46.0 Å². The summed E-state index contributed by atoms with van der Waals surface area (Å²) in [6.45, 7) is 6.04. The van der Waals surface area contributed by atoms with Crippen molar-refractivity contribution in [3.05, 3.63) is 23.8 Å². The van der Waals surface area contributed by atoms with Gasteiger partial charge in [-0.05, 0) is 49.1 Å². The molecular formula is C19H36N6S2+2. The highest BCUT2D eigenvalue weighted by Gasteiger charge is 2.05. The first kappa shape index (κ1) is 23.6. The van der Waals surface area contributed by atoms with Crippen LogP contribution < -0.4 is 31.1 Å². The SMILES string of the molecule is Cc1ccc(NC(=S)NCCC[NH+](C)C)cc1NC(=S)NCCC[NH+](C)C. The fourth-order valence-corrected chi connectivity index (χ4v) is 2.90. The number of quaternary nitrogens is 2. The summed E-state index contributed by atoms with van der Waals surface area (Å²) in [7, 11) is 8.61. The first-order valence-electron chi connectivity index (χ1n) is 9.56. The van der Waals surface area contributed by atoms with E-state index in [-0.39, 0.29) is 0 Å². The van der Waals surface area contributed by atoms with Gasteiger partial charge in [0, 0.05) is 37.3 Å². The highest BCUT2D eigenvalue weighted by molar-refractivity contribution is 7.80. The highest BCUT2D eigenvalue weighted by Crippen LogP contribution is 2.20. The van der Waals surface area contributed by atoms with Crippen LogP contribution in [0.15, 0.2) is 18.2 Å². The molecule has 0 bridgehead atoms. The lowest BCUT2D eigenvalue weighted by Crippen LogP contribution is -3.05. The van der Waals surface area contributed by atoms with Crippen LogP contribution in [0.1, 0.15) is 18.4 Å². The Kier molecular flexibility index (Phi) is 11.2. The van der Waals surface area contributed by atoms with E-state index < -0.39 is 0 Å². The largest absolute Gasteiger partial charge is 0.362 e. The smallest absolute Gasteiger partial charge is 0.170 e. The van der Waals surface area contributed by atoms with Crippen molar-refractivity contribution in [3.8, 4) is 0 Å². The Bertz CT molecular complexity index is 604. The third-order valence-electron chi connectivity index (χ3n) is 4.02. The van der Waals surface area contributed by atoms with E-state index in [1.165, 1.54) is 9.80 Å². The van der Waals surface area contributed by atoms with Crippen molar-refractivity contribution in [3.63, 3.8) is 0 Å². The summed E-state index contributed by atoms with van der Waals surface area (Å²) in [5.74, 6) is 0. The molecule has 6 N–H and O–H groups in total. The zero-order chi connectivity index (χ0) is 20.2. The number of rotatable bonds is 10. The van der Waals surface area contributed by atoms with Crippen molar-refractivity contribution in [1.29, 1.82) is 0 Å². The minimum absolute atomic E-state index is 0.644. The molecule has 0 radical (unpaired) electrons. The van der Waals surface area contributed by atoms with E-state index in [9.17, 15) is 0 Å². The van der Waals surface area contributed by atoms with E-state index >= 15 is 0 Å². The van der Waals surface area contributed by atoms with Crippen LogP contribution in [-0.4, -0.2) is 64.6 Å².